The van der Waals surface area contributed by atoms with Crippen LogP contribution in [0.15, 0.2) is 0 Å². The molecule has 1 saturated heterocycles. The van der Waals surface area contributed by atoms with E-state index in [-0.39, 0.29) is 24.8 Å². The second-order valence-electron chi connectivity index (χ2n) is 6.06. The number of hydrogen-bond acceptors (Lipinski definition) is 5. The highest BCUT2D eigenvalue weighted by atomic mass is 16.3. The summed E-state index contributed by atoms with van der Waals surface area (Å²) in [7, 11) is 0. The summed E-state index contributed by atoms with van der Waals surface area (Å²) in [5.41, 5.74) is -1.12. The Kier molecular flexibility index (Phi) is 3.69. The van der Waals surface area contributed by atoms with Crippen LogP contribution in [-0.4, -0.2) is 49.6 Å². The molecule has 2 fully saturated rings. The van der Waals surface area contributed by atoms with Crippen molar-refractivity contribution < 1.29 is 9.90 Å². The average molecular weight is 279 g/mol. The zero-order valence-corrected chi connectivity index (χ0v) is 11.6. The molecule has 7 heteroatoms. The number of tetrazole rings is 1. The fourth-order valence-corrected chi connectivity index (χ4v) is 3.22. The largest absolute Gasteiger partial charge is 0.378 e. The van der Waals surface area contributed by atoms with E-state index in [1.165, 1.54) is 32.1 Å². The number of carbonyl (C=O) groups is 1. The number of nitrogens with zero attached hydrogens (tertiary/aromatic N) is 4. The normalized spacial score (nSPS) is 22.6. The van der Waals surface area contributed by atoms with Crippen molar-refractivity contribution in [3.8, 4) is 0 Å². The van der Waals surface area contributed by atoms with Gasteiger partial charge in [0.2, 0.25) is 11.7 Å². The number of H-pyrrole nitrogens is 1. The lowest BCUT2D eigenvalue weighted by Crippen LogP contribution is -2.61. The van der Waals surface area contributed by atoms with Crippen LogP contribution in [0.25, 0.3) is 0 Å². The van der Waals surface area contributed by atoms with E-state index in [2.05, 4.69) is 20.6 Å². The molecule has 2 aliphatic rings. The minimum atomic E-state index is -1.12. The van der Waals surface area contributed by atoms with E-state index in [0.29, 0.717) is 12.3 Å². The summed E-state index contributed by atoms with van der Waals surface area (Å²) in [4.78, 5) is 13.8. The molecule has 7 nitrogen and oxygen atoms in total. The highest BCUT2D eigenvalue weighted by Gasteiger charge is 2.48. The van der Waals surface area contributed by atoms with E-state index in [1.54, 1.807) is 4.90 Å². The molecule has 1 amide bonds. The van der Waals surface area contributed by atoms with Crippen LogP contribution < -0.4 is 0 Å². The summed E-state index contributed by atoms with van der Waals surface area (Å²) >= 11 is 0. The van der Waals surface area contributed by atoms with Gasteiger partial charge in [0.15, 0.2) is 5.60 Å². The number of hydrogen-bond donors (Lipinski definition) is 2. The molecule has 1 aromatic rings. The van der Waals surface area contributed by atoms with Gasteiger partial charge in [-0.2, -0.15) is 5.21 Å². The van der Waals surface area contributed by atoms with Gasteiger partial charge >= 0.3 is 0 Å². The van der Waals surface area contributed by atoms with E-state index in [0.717, 1.165) is 6.42 Å². The summed E-state index contributed by atoms with van der Waals surface area (Å²) in [6.45, 7) is 0.548. The number of nitrogens with one attached hydrogen (secondary N) is 1. The lowest BCUT2D eigenvalue weighted by Gasteiger charge is -2.44. The summed E-state index contributed by atoms with van der Waals surface area (Å²) in [5.74, 6) is 1.11. The average Bonchev–Trinajstić information content (AvgIpc) is 2.97. The molecule has 0 bridgehead atoms. The third-order valence-corrected chi connectivity index (χ3v) is 4.51. The van der Waals surface area contributed by atoms with Crippen LogP contribution in [0.3, 0.4) is 0 Å². The number of aromatic nitrogens is 4. The number of aliphatic hydroxyl groups is 1. The number of rotatable bonds is 4. The molecule has 20 heavy (non-hydrogen) atoms. The van der Waals surface area contributed by atoms with Crippen molar-refractivity contribution >= 4 is 5.91 Å². The van der Waals surface area contributed by atoms with Crippen LogP contribution in [0, 0.1) is 5.92 Å². The smallest absolute Gasteiger partial charge is 0.222 e. The predicted molar refractivity (Wildman–Crippen MR) is 70.5 cm³/mol. The first kappa shape index (κ1) is 13.5. The zero-order valence-electron chi connectivity index (χ0n) is 11.6. The Labute approximate surface area is 117 Å². The molecule has 0 aromatic carbocycles. The first-order chi connectivity index (χ1) is 9.67. The zero-order chi connectivity index (χ0) is 14.0. The van der Waals surface area contributed by atoms with Crippen molar-refractivity contribution in [2.45, 2.75) is 50.5 Å². The molecule has 0 atom stereocenters. The maximum absolute atomic E-state index is 12.1. The fraction of sp³-hybridized carbons (Fsp3) is 0.846. The topological polar surface area (TPSA) is 95.0 Å². The Bertz CT molecular complexity index is 449. The molecule has 2 heterocycles. The lowest BCUT2D eigenvalue weighted by atomic mass is 9.85. The van der Waals surface area contributed by atoms with Crippen LogP contribution in [-0.2, 0) is 10.4 Å². The van der Waals surface area contributed by atoms with Crippen molar-refractivity contribution in [2.75, 3.05) is 13.1 Å². The third-order valence-electron chi connectivity index (χ3n) is 4.51. The Morgan fingerprint density at radius 3 is 2.75 bits per heavy atom. The number of amides is 1. The summed E-state index contributed by atoms with van der Waals surface area (Å²) in [6.07, 6.45) is 8.05. The number of β-amino-alcohol motifs (C(OH)–C–C–N with tert-alkyl or cyclic N) is 1. The Morgan fingerprint density at radius 1 is 1.35 bits per heavy atom. The Hall–Kier alpha value is -1.50. The second kappa shape index (κ2) is 5.47. The van der Waals surface area contributed by atoms with Crippen LogP contribution in [0.4, 0.5) is 0 Å². The Morgan fingerprint density at radius 2 is 2.10 bits per heavy atom. The molecule has 0 radical (unpaired) electrons. The molecular weight excluding hydrogens is 258 g/mol. The van der Waals surface area contributed by atoms with Crippen LogP contribution in [0.5, 0.6) is 0 Å². The van der Waals surface area contributed by atoms with Gasteiger partial charge in [-0.25, -0.2) is 0 Å². The first-order valence-corrected chi connectivity index (χ1v) is 7.41. The summed E-state index contributed by atoms with van der Waals surface area (Å²) in [6, 6.07) is 0. The molecule has 2 N–H and O–H groups in total. The summed E-state index contributed by atoms with van der Waals surface area (Å²) in [5, 5.41) is 23.6. The van der Waals surface area contributed by atoms with Gasteiger partial charge in [0.1, 0.15) is 0 Å². The van der Waals surface area contributed by atoms with Gasteiger partial charge in [-0.3, -0.25) is 4.79 Å². The van der Waals surface area contributed by atoms with Gasteiger partial charge in [-0.05, 0) is 12.3 Å². The van der Waals surface area contributed by atoms with E-state index in [4.69, 9.17) is 0 Å². The minimum Gasteiger partial charge on any atom is -0.378 e. The van der Waals surface area contributed by atoms with Gasteiger partial charge < -0.3 is 10.0 Å². The molecule has 1 aromatic heterocycles. The van der Waals surface area contributed by atoms with Crippen molar-refractivity contribution in [3.63, 3.8) is 0 Å². The highest BCUT2D eigenvalue weighted by Crippen LogP contribution is 2.31. The van der Waals surface area contributed by atoms with Gasteiger partial charge in [-0.1, -0.05) is 37.3 Å². The summed E-state index contributed by atoms with van der Waals surface area (Å²) < 4.78 is 0. The van der Waals surface area contributed by atoms with Crippen LogP contribution in [0.2, 0.25) is 0 Å². The quantitative estimate of drug-likeness (QED) is 0.841. The van der Waals surface area contributed by atoms with Gasteiger partial charge in [-0.15, -0.1) is 10.2 Å². The standard InChI is InChI=1S/C13H21N5O2/c19-11(7-6-10-4-2-1-3-5-10)18-8-13(20,9-18)12-14-16-17-15-12/h10,20H,1-9H2,(H,14,15,16,17). The number of likely N-dealkylation sites (tertiary alicyclic amines) is 1. The Balaban J connectivity index is 1.44. The molecule has 0 spiro atoms. The second-order valence-corrected chi connectivity index (χ2v) is 6.06. The number of aromatic amines is 1. The van der Waals surface area contributed by atoms with E-state index in [9.17, 15) is 9.90 Å². The van der Waals surface area contributed by atoms with Gasteiger partial charge in [0.25, 0.3) is 0 Å². The molecular formula is C13H21N5O2. The highest BCUT2D eigenvalue weighted by molar-refractivity contribution is 5.77. The van der Waals surface area contributed by atoms with Crippen molar-refractivity contribution in [1.82, 2.24) is 25.5 Å². The molecule has 3 rings (SSSR count). The molecule has 1 aliphatic carbocycles. The number of carbonyl (C=O) groups excluding carboxylic acids is 1. The van der Waals surface area contributed by atoms with Gasteiger partial charge in [0.05, 0.1) is 13.1 Å². The monoisotopic (exact) mass is 279 g/mol. The SMILES string of the molecule is O=C(CCC1CCCCC1)N1CC(O)(c2nn[nH]n2)C1. The lowest BCUT2D eigenvalue weighted by molar-refractivity contribution is -0.159. The molecule has 1 aliphatic heterocycles. The molecule has 0 unspecified atom stereocenters. The predicted octanol–water partition coefficient (Wildman–Crippen LogP) is 0.590. The van der Waals surface area contributed by atoms with Crippen LogP contribution >= 0.6 is 0 Å². The van der Waals surface area contributed by atoms with Crippen molar-refractivity contribution in [2.24, 2.45) is 5.92 Å². The third kappa shape index (κ3) is 2.67. The van der Waals surface area contributed by atoms with Gasteiger partial charge in [0, 0.05) is 6.42 Å². The molecule has 110 valence electrons. The van der Waals surface area contributed by atoms with E-state index in [1.807, 2.05) is 0 Å². The molecule has 1 saturated carbocycles. The minimum absolute atomic E-state index is 0.128. The van der Waals surface area contributed by atoms with Crippen molar-refractivity contribution in [3.05, 3.63) is 5.82 Å². The van der Waals surface area contributed by atoms with Crippen molar-refractivity contribution in [1.29, 1.82) is 0 Å². The fourth-order valence-electron chi connectivity index (χ4n) is 3.22. The van der Waals surface area contributed by atoms with E-state index >= 15 is 0 Å². The maximum Gasteiger partial charge on any atom is 0.222 e. The first-order valence-electron chi connectivity index (χ1n) is 7.41. The van der Waals surface area contributed by atoms with Crippen LogP contribution in [0.1, 0.15) is 50.8 Å². The maximum atomic E-state index is 12.1. The van der Waals surface area contributed by atoms with E-state index < -0.39 is 5.60 Å².